The minimum atomic E-state index is -1.61. The standard InChI is InChI=1S/C5H12O3/c1-5(7,8)3-2-4-6/h6-8H,2-4H2,1H3. The Hall–Kier alpha value is -0.120. The number of aliphatic hydroxyl groups is 3. The molecule has 0 radical (unpaired) electrons. The van der Waals surface area contributed by atoms with Gasteiger partial charge in [0.1, 0.15) is 0 Å². The molecule has 0 aromatic heterocycles. The minimum absolute atomic E-state index is 0.0106. The summed E-state index contributed by atoms with van der Waals surface area (Å²) in [5, 5.41) is 25.4. The Morgan fingerprint density at radius 1 is 1.38 bits per heavy atom. The molecule has 3 nitrogen and oxygen atoms in total. The van der Waals surface area contributed by atoms with Crippen LogP contribution in [0.15, 0.2) is 0 Å². The molecule has 0 spiro atoms. The van der Waals surface area contributed by atoms with Crippen LogP contribution in [0.2, 0.25) is 0 Å². The molecule has 0 saturated carbocycles. The van der Waals surface area contributed by atoms with Crippen molar-refractivity contribution in [2.24, 2.45) is 0 Å². The van der Waals surface area contributed by atoms with E-state index in [-0.39, 0.29) is 13.0 Å². The second-order valence-corrected chi connectivity index (χ2v) is 2.04. The van der Waals surface area contributed by atoms with Gasteiger partial charge in [-0.3, -0.25) is 0 Å². The zero-order chi connectivity index (χ0) is 6.62. The molecule has 0 fully saturated rings. The van der Waals surface area contributed by atoms with E-state index in [9.17, 15) is 0 Å². The molecule has 3 heteroatoms. The van der Waals surface area contributed by atoms with Crippen LogP contribution in [0.3, 0.4) is 0 Å². The molecule has 0 heterocycles. The van der Waals surface area contributed by atoms with Crippen LogP contribution in [0.4, 0.5) is 0 Å². The third kappa shape index (κ3) is 5.88. The third-order valence-corrected chi connectivity index (χ3v) is 0.808. The van der Waals surface area contributed by atoms with E-state index in [1.54, 1.807) is 0 Å². The first-order valence-electron chi connectivity index (χ1n) is 2.62. The maximum absolute atomic E-state index is 8.59. The van der Waals surface area contributed by atoms with Crippen molar-refractivity contribution in [2.45, 2.75) is 25.6 Å². The van der Waals surface area contributed by atoms with Gasteiger partial charge < -0.3 is 15.3 Å². The summed E-state index contributed by atoms with van der Waals surface area (Å²) >= 11 is 0. The summed E-state index contributed by atoms with van der Waals surface area (Å²) in [7, 11) is 0. The van der Waals surface area contributed by atoms with E-state index in [0.717, 1.165) is 0 Å². The van der Waals surface area contributed by atoms with E-state index in [1.807, 2.05) is 0 Å². The minimum Gasteiger partial charge on any atom is -0.396 e. The molecule has 0 aliphatic carbocycles. The van der Waals surface area contributed by atoms with Crippen LogP contribution >= 0.6 is 0 Å². The fourth-order valence-corrected chi connectivity index (χ4v) is 0.414. The fourth-order valence-electron chi connectivity index (χ4n) is 0.414. The average molecular weight is 120 g/mol. The number of hydrogen-bond donors (Lipinski definition) is 3. The summed E-state index contributed by atoms with van der Waals surface area (Å²) in [6.07, 6.45) is 0.660. The van der Waals surface area contributed by atoms with Crippen LogP contribution < -0.4 is 0 Å². The van der Waals surface area contributed by atoms with Crippen molar-refractivity contribution in [3.63, 3.8) is 0 Å². The lowest BCUT2D eigenvalue weighted by molar-refractivity contribution is -0.151. The lowest BCUT2D eigenvalue weighted by Gasteiger charge is -2.13. The number of rotatable bonds is 3. The third-order valence-electron chi connectivity index (χ3n) is 0.808. The molecule has 0 rings (SSSR count). The van der Waals surface area contributed by atoms with Gasteiger partial charge in [0.25, 0.3) is 0 Å². The molecule has 0 saturated heterocycles. The van der Waals surface area contributed by atoms with Crippen LogP contribution in [0.1, 0.15) is 19.8 Å². The maximum Gasteiger partial charge on any atom is 0.159 e. The molecule has 0 atom stereocenters. The lowest BCUT2D eigenvalue weighted by Crippen LogP contribution is -2.22. The second kappa shape index (κ2) is 3.02. The molecule has 0 aliphatic heterocycles. The second-order valence-electron chi connectivity index (χ2n) is 2.04. The van der Waals surface area contributed by atoms with E-state index >= 15 is 0 Å². The van der Waals surface area contributed by atoms with Gasteiger partial charge in [-0.2, -0.15) is 0 Å². The summed E-state index contributed by atoms with van der Waals surface area (Å²) in [6, 6.07) is 0. The van der Waals surface area contributed by atoms with Gasteiger partial charge in [-0.15, -0.1) is 0 Å². The molecular formula is C5H12O3. The van der Waals surface area contributed by atoms with Crippen molar-refractivity contribution in [3.05, 3.63) is 0 Å². The van der Waals surface area contributed by atoms with Crippen molar-refractivity contribution in [1.82, 2.24) is 0 Å². The zero-order valence-corrected chi connectivity index (χ0v) is 4.96. The smallest absolute Gasteiger partial charge is 0.159 e. The van der Waals surface area contributed by atoms with Crippen molar-refractivity contribution in [2.75, 3.05) is 6.61 Å². The van der Waals surface area contributed by atoms with Gasteiger partial charge in [0.2, 0.25) is 0 Å². The summed E-state index contributed by atoms with van der Waals surface area (Å²) in [5.74, 6) is -1.61. The highest BCUT2D eigenvalue weighted by atomic mass is 16.5. The van der Waals surface area contributed by atoms with Crippen LogP contribution in [0.25, 0.3) is 0 Å². The molecule has 0 aromatic rings. The topological polar surface area (TPSA) is 60.7 Å². The maximum atomic E-state index is 8.59. The Kier molecular flexibility index (Phi) is 2.97. The highest BCUT2D eigenvalue weighted by molar-refractivity contribution is 4.54. The molecule has 50 valence electrons. The lowest BCUT2D eigenvalue weighted by atomic mass is 10.2. The van der Waals surface area contributed by atoms with E-state index in [0.29, 0.717) is 6.42 Å². The van der Waals surface area contributed by atoms with Crippen molar-refractivity contribution >= 4 is 0 Å². The average Bonchev–Trinajstić information content (AvgIpc) is 1.59. The quantitative estimate of drug-likeness (QED) is 0.438. The Bertz CT molecular complexity index is 55.2. The highest BCUT2D eigenvalue weighted by Gasteiger charge is 2.12. The molecule has 0 amide bonds. The number of hydrogen-bond acceptors (Lipinski definition) is 3. The molecule has 8 heavy (non-hydrogen) atoms. The van der Waals surface area contributed by atoms with Gasteiger partial charge in [-0.1, -0.05) is 0 Å². The van der Waals surface area contributed by atoms with Crippen molar-refractivity contribution < 1.29 is 15.3 Å². The molecule has 0 unspecified atom stereocenters. The first-order valence-corrected chi connectivity index (χ1v) is 2.62. The predicted octanol–water partition coefficient (Wildman–Crippen LogP) is -0.540. The van der Waals surface area contributed by atoms with Crippen molar-refractivity contribution in [1.29, 1.82) is 0 Å². The Labute approximate surface area is 48.6 Å². The molecule has 3 N–H and O–H groups in total. The SMILES string of the molecule is CC(O)(O)CCCO. The van der Waals surface area contributed by atoms with Gasteiger partial charge in [0, 0.05) is 13.0 Å². The fraction of sp³-hybridized carbons (Fsp3) is 1.00. The van der Waals surface area contributed by atoms with E-state index in [1.165, 1.54) is 6.92 Å². The van der Waals surface area contributed by atoms with Gasteiger partial charge in [-0.05, 0) is 13.3 Å². The zero-order valence-electron chi connectivity index (χ0n) is 4.96. The monoisotopic (exact) mass is 120 g/mol. The number of aliphatic hydroxyl groups excluding tert-OH is 1. The normalized spacial score (nSPS) is 12.0. The first-order chi connectivity index (χ1) is 3.56. The molecule has 0 bridgehead atoms. The summed E-state index contributed by atoms with van der Waals surface area (Å²) in [5.41, 5.74) is 0. The van der Waals surface area contributed by atoms with Crippen LogP contribution in [-0.2, 0) is 0 Å². The molecule has 0 aromatic carbocycles. The Balaban J connectivity index is 3.11. The van der Waals surface area contributed by atoms with E-state index < -0.39 is 5.79 Å². The Morgan fingerprint density at radius 3 is 2.00 bits per heavy atom. The predicted molar refractivity (Wildman–Crippen MR) is 29.2 cm³/mol. The summed E-state index contributed by atoms with van der Waals surface area (Å²) in [6.45, 7) is 1.30. The van der Waals surface area contributed by atoms with Gasteiger partial charge in [0.05, 0.1) is 0 Å². The first kappa shape index (κ1) is 7.88. The van der Waals surface area contributed by atoms with Gasteiger partial charge in [0.15, 0.2) is 5.79 Å². The Morgan fingerprint density at radius 2 is 1.88 bits per heavy atom. The summed E-state index contributed by atoms with van der Waals surface area (Å²) < 4.78 is 0. The van der Waals surface area contributed by atoms with Crippen LogP contribution in [-0.4, -0.2) is 27.7 Å². The van der Waals surface area contributed by atoms with E-state index in [2.05, 4.69) is 0 Å². The van der Waals surface area contributed by atoms with Gasteiger partial charge in [-0.25, -0.2) is 0 Å². The van der Waals surface area contributed by atoms with E-state index in [4.69, 9.17) is 15.3 Å². The largest absolute Gasteiger partial charge is 0.396 e. The highest BCUT2D eigenvalue weighted by Crippen LogP contribution is 2.05. The molecule has 0 aliphatic rings. The van der Waals surface area contributed by atoms with Gasteiger partial charge >= 0.3 is 0 Å². The van der Waals surface area contributed by atoms with Crippen LogP contribution in [0, 0.1) is 0 Å². The summed E-state index contributed by atoms with van der Waals surface area (Å²) in [4.78, 5) is 0. The van der Waals surface area contributed by atoms with Crippen LogP contribution in [0.5, 0.6) is 0 Å². The molecular weight excluding hydrogens is 108 g/mol. The van der Waals surface area contributed by atoms with Crippen molar-refractivity contribution in [3.8, 4) is 0 Å².